The van der Waals surface area contributed by atoms with Gasteiger partial charge >= 0.3 is 0 Å². The van der Waals surface area contributed by atoms with Gasteiger partial charge in [-0.15, -0.1) is 11.6 Å². The summed E-state index contributed by atoms with van der Waals surface area (Å²) in [6.45, 7) is 4.28. The Morgan fingerprint density at radius 2 is 2.07 bits per heavy atom. The van der Waals surface area contributed by atoms with Gasteiger partial charge in [-0.25, -0.2) is 0 Å². The van der Waals surface area contributed by atoms with Crippen LogP contribution in [0.3, 0.4) is 0 Å². The van der Waals surface area contributed by atoms with Crippen LogP contribution < -0.4 is 4.74 Å². The van der Waals surface area contributed by atoms with Crippen LogP contribution in [0.2, 0.25) is 0 Å². The first kappa shape index (κ1) is 12.1. The standard InChI is InChI=1S/C13H17ClO/c1-10(2)12(9-14)8-11-6-4-5-7-13(11)15-3/h4-8,10H,9H2,1-3H3. The van der Waals surface area contributed by atoms with Gasteiger partial charge in [0.05, 0.1) is 7.11 Å². The van der Waals surface area contributed by atoms with Crippen molar-refractivity contribution in [1.29, 1.82) is 0 Å². The van der Waals surface area contributed by atoms with Crippen molar-refractivity contribution >= 4 is 17.7 Å². The molecule has 0 N–H and O–H groups in total. The van der Waals surface area contributed by atoms with Crippen LogP contribution in [-0.4, -0.2) is 13.0 Å². The van der Waals surface area contributed by atoms with E-state index in [0.717, 1.165) is 11.3 Å². The SMILES string of the molecule is COc1ccccc1C=C(CCl)C(C)C. The van der Waals surface area contributed by atoms with Crippen LogP contribution in [0.5, 0.6) is 5.75 Å². The van der Waals surface area contributed by atoms with Crippen LogP contribution in [0.15, 0.2) is 29.8 Å². The Bertz CT molecular complexity index is 342. The molecule has 0 saturated heterocycles. The molecule has 0 aromatic heterocycles. The maximum Gasteiger partial charge on any atom is 0.126 e. The van der Waals surface area contributed by atoms with E-state index in [9.17, 15) is 0 Å². The molecular formula is C13H17ClO. The lowest BCUT2D eigenvalue weighted by Gasteiger charge is -2.09. The number of para-hydroxylation sites is 1. The van der Waals surface area contributed by atoms with Gasteiger partial charge in [0.1, 0.15) is 5.75 Å². The van der Waals surface area contributed by atoms with Crippen LogP contribution in [0.25, 0.3) is 6.08 Å². The quantitative estimate of drug-likeness (QED) is 0.704. The van der Waals surface area contributed by atoms with Gasteiger partial charge in [0, 0.05) is 11.4 Å². The van der Waals surface area contributed by atoms with Gasteiger partial charge in [-0.2, -0.15) is 0 Å². The summed E-state index contributed by atoms with van der Waals surface area (Å²) in [6, 6.07) is 7.96. The van der Waals surface area contributed by atoms with Crippen molar-refractivity contribution < 1.29 is 4.74 Å². The number of allylic oxidation sites excluding steroid dienone is 1. The van der Waals surface area contributed by atoms with Crippen molar-refractivity contribution in [3.63, 3.8) is 0 Å². The number of methoxy groups -OCH3 is 1. The lowest BCUT2D eigenvalue weighted by molar-refractivity contribution is 0.414. The van der Waals surface area contributed by atoms with E-state index in [1.807, 2.05) is 24.3 Å². The van der Waals surface area contributed by atoms with Gasteiger partial charge in [0.15, 0.2) is 0 Å². The minimum atomic E-state index is 0.465. The number of hydrogen-bond acceptors (Lipinski definition) is 1. The van der Waals surface area contributed by atoms with Gasteiger partial charge in [0.2, 0.25) is 0 Å². The average molecular weight is 225 g/mol. The van der Waals surface area contributed by atoms with E-state index in [1.165, 1.54) is 5.57 Å². The van der Waals surface area contributed by atoms with Crippen molar-refractivity contribution in [3.05, 3.63) is 35.4 Å². The molecule has 0 amide bonds. The predicted octanol–water partition coefficient (Wildman–Crippen LogP) is 3.97. The second-order valence-electron chi connectivity index (χ2n) is 3.75. The molecule has 1 aromatic rings. The molecule has 0 heterocycles. The zero-order valence-corrected chi connectivity index (χ0v) is 10.2. The molecule has 0 aliphatic rings. The number of benzene rings is 1. The average Bonchev–Trinajstić information content (AvgIpc) is 2.25. The zero-order chi connectivity index (χ0) is 11.3. The molecule has 0 spiro atoms. The van der Waals surface area contributed by atoms with Gasteiger partial charge < -0.3 is 4.74 Å². The Labute approximate surface area is 96.7 Å². The second-order valence-corrected chi connectivity index (χ2v) is 4.02. The highest BCUT2D eigenvalue weighted by atomic mass is 35.5. The number of halogens is 1. The topological polar surface area (TPSA) is 9.23 Å². The lowest BCUT2D eigenvalue weighted by atomic mass is 10.0. The fraction of sp³-hybridized carbons (Fsp3) is 0.385. The summed E-state index contributed by atoms with van der Waals surface area (Å²) in [5, 5.41) is 0. The monoisotopic (exact) mass is 224 g/mol. The number of ether oxygens (including phenoxy) is 1. The molecule has 15 heavy (non-hydrogen) atoms. The normalized spacial score (nSPS) is 11.9. The molecule has 0 radical (unpaired) electrons. The summed E-state index contributed by atoms with van der Waals surface area (Å²) in [6.07, 6.45) is 2.11. The molecule has 0 bridgehead atoms. The summed E-state index contributed by atoms with van der Waals surface area (Å²) in [5.41, 5.74) is 2.31. The summed E-state index contributed by atoms with van der Waals surface area (Å²) in [4.78, 5) is 0. The minimum Gasteiger partial charge on any atom is -0.496 e. The zero-order valence-electron chi connectivity index (χ0n) is 9.46. The molecule has 0 atom stereocenters. The van der Waals surface area contributed by atoms with Crippen LogP contribution in [0.1, 0.15) is 19.4 Å². The highest BCUT2D eigenvalue weighted by Gasteiger charge is 2.04. The van der Waals surface area contributed by atoms with Crippen LogP contribution in [-0.2, 0) is 0 Å². The van der Waals surface area contributed by atoms with Crippen molar-refractivity contribution in [3.8, 4) is 5.75 Å². The van der Waals surface area contributed by atoms with Gasteiger partial charge in [0.25, 0.3) is 0 Å². The Morgan fingerprint density at radius 3 is 2.60 bits per heavy atom. The molecule has 1 nitrogen and oxygen atoms in total. The highest BCUT2D eigenvalue weighted by Crippen LogP contribution is 2.23. The third kappa shape index (κ3) is 3.28. The highest BCUT2D eigenvalue weighted by molar-refractivity contribution is 6.19. The maximum atomic E-state index is 5.90. The van der Waals surface area contributed by atoms with E-state index in [-0.39, 0.29) is 0 Å². The Kier molecular flexibility index (Phi) is 4.70. The van der Waals surface area contributed by atoms with Crippen molar-refractivity contribution in [2.45, 2.75) is 13.8 Å². The largest absolute Gasteiger partial charge is 0.496 e. The van der Waals surface area contributed by atoms with Gasteiger partial charge in [-0.3, -0.25) is 0 Å². The smallest absolute Gasteiger partial charge is 0.126 e. The van der Waals surface area contributed by atoms with Crippen LogP contribution in [0, 0.1) is 5.92 Å². The van der Waals surface area contributed by atoms with Crippen molar-refractivity contribution in [2.24, 2.45) is 5.92 Å². The van der Waals surface area contributed by atoms with Gasteiger partial charge in [-0.05, 0) is 12.0 Å². The second kappa shape index (κ2) is 5.82. The molecule has 0 fully saturated rings. The Hall–Kier alpha value is -0.950. The van der Waals surface area contributed by atoms with Crippen molar-refractivity contribution in [2.75, 3.05) is 13.0 Å². The van der Waals surface area contributed by atoms with Crippen LogP contribution >= 0.6 is 11.6 Å². The van der Waals surface area contributed by atoms with E-state index in [0.29, 0.717) is 11.8 Å². The first-order valence-corrected chi connectivity index (χ1v) is 5.62. The summed E-state index contributed by atoms with van der Waals surface area (Å²) in [7, 11) is 1.68. The molecule has 0 aliphatic carbocycles. The molecule has 1 rings (SSSR count). The van der Waals surface area contributed by atoms with Gasteiger partial charge in [-0.1, -0.05) is 43.7 Å². The molecule has 1 aromatic carbocycles. The van der Waals surface area contributed by atoms with E-state index in [4.69, 9.17) is 16.3 Å². The summed E-state index contributed by atoms with van der Waals surface area (Å²) >= 11 is 5.90. The Morgan fingerprint density at radius 1 is 1.40 bits per heavy atom. The number of alkyl halides is 1. The fourth-order valence-electron chi connectivity index (χ4n) is 1.34. The molecular weight excluding hydrogens is 208 g/mol. The molecule has 0 saturated carbocycles. The van der Waals surface area contributed by atoms with Crippen LogP contribution in [0.4, 0.5) is 0 Å². The van der Waals surface area contributed by atoms with E-state index < -0.39 is 0 Å². The van der Waals surface area contributed by atoms with Crippen molar-refractivity contribution in [1.82, 2.24) is 0 Å². The summed E-state index contributed by atoms with van der Waals surface area (Å²) in [5.74, 6) is 1.92. The first-order valence-electron chi connectivity index (χ1n) is 5.08. The molecule has 2 heteroatoms. The lowest BCUT2D eigenvalue weighted by Crippen LogP contribution is -1.96. The third-order valence-corrected chi connectivity index (χ3v) is 2.68. The number of rotatable bonds is 4. The Balaban J connectivity index is 3.05. The van der Waals surface area contributed by atoms with E-state index in [2.05, 4.69) is 19.9 Å². The third-order valence-electron chi connectivity index (χ3n) is 2.38. The number of hydrogen-bond donors (Lipinski definition) is 0. The predicted molar refractivity (Wildman–Crippen MR) is 66.5 cm³/mol. The van der Waals surface area contributed by atoms with E-state index >= 15 is 0 Å². The molecule has 0 aliphatic heterocycles. The molecule has 82 valence electrons. The fourth-order valence-corrected chi connectivity index (χ4v) is 1.73. The summed E-state index contributed by atoms with van der Waals surface area (Å²) < 4.78 is 5.28. The van der Waals surface area contributed by atoms with E-state index in [1.54, 1.807) is 7.11 Å². The minimum absolute atomic E-state index is 0.465. The maximum absolute atomic E-state index is 5.90. The molecule has 0 unspecified atom stereocenters. The first-order chi connectivity index (χ1) is 7.19.